The molecule has 0 spiro atoms. The summed E-state index contributed by atoms with van der Waals surface area (Å²) in [5.41, 5.74) is 0. The van der Waals surface area contributed by atoms with Gasteiger partial charge in [-0.05, 0) is 13.8 Å². The van der Waals surface area contributed by atoms with Crippen molar-refractivity contribution in [3.63, 3.8) is 0 Å². The summed E-state index contributed by atoms with van der Waals surface area (Å²) in [6, 6.07) is 0.287. The second-order valence-corrected chi connectivity index (χ2v) is 1.24. The molecule has 0 rings (SSSR count). The van der Waals surface area contributed by atoms with Crippen LogP contribution in [0, 0.1) is 0 Å². The average molecular weight is 121 g/mol. The predicted molar refractivity (Wildman–Crippen MR) is 23.6 cm³/mol. The quantitative estimate of drug-likeness (QED) is 0.362. The standard InChI is InChI=1S/C4H8N.V/c1-4(2)5-3;/h3-4H,1-2H3;/q-1;. The molecule has 0 saturated carbocycles. The zero-order valence-electron chi connectivity index (χ0n) is 4.05. The minimum Gasteiger partial charge on any atom is -0.504 e. The smallest absolute Gasteiger partial charge is 0.00554 e. The van der Waals surface area contributed by atoms with E-state index in [-0.39, 0.29) is 24.6 Å². The van der Waals surface area contributed by atoms with Crippen molar-refractivity contribution in [3.05, 3.63) is 0 Å². The number of hydrogen-bond acceptors (Lipinski definition) is 1. The molecule has 2 heteroatoms. The number of nitrogens with zero attached hydrogens (tertiary/aromatic N) is 1. The van der Waals surface area contributed by atoms with Crippen molar-refractivity contribution >= 4 is 6.72 Å². The van der Waals surface area contributed by atoms with E-state index in [1.165, 1.54) is 0 Å². The van der Waals surface area contributed by atoms with Crippen LogP contribution in [0.4, 0.5) is 0 Å². The van der Waals surface area contributed by atoms with Gasteiger partial charge in [-0.15, -0.1) is 0 Å². The van der Waals surface area contributed by atoms with E-state index >= 15 is 0 Å². The van der Waals surface area contributed by atoms with E-state index in [1.807, 2.05) is 13.8 Å². The summed E-state index contributed by atoms with van der Waals surface area (Å²) in [6.45, 7) is 8.66. The first-order valence-electron chi connectivity index (χ1n) is 1.67. The third-order valence-corrected chi connectivity index (χ3v) is 0.298. The molecule has 0 atom stereocenters. The second-order valence-electron chi connectivity index (χ2n) is 1.24. The van der Waals surface area contributed by atoms with Crippen molar-refractivity contribution in [2.24, 2.45) is 4.99 Å². The second kappa shape index (κ2) is 5.25. The van der Waals surface area contributed by atoms with Gasteiger partial charge in [0, 0.05) is 24.6 Å². The molecule has 0 amide bonds. The molecule has 0 aliphatic carbocycles. The topological polar surface area (TPSA) is 12.4 Å². The summed E-state index contributed by atoms with van der Waals surface area (Å²) >= 11 is 0. The van der Waals surface area contributed by atoms with Crippen LogP contribution in [0.3, 0.4) is 0 Å². The fourth-order valence-electron chi connectivity index (χ4n) is 0. The molecule has 0 aromatic rings. The Labute approximate surface area is 50.7 Å². The molecule has 0 fully saturated rings. The Morgan fingerprint density at radius 3 is 1.67 bits per heavy atom. The normalized spacial score (nSPS) is 7.17. The first kappa shape index (κ1) is 9.54. The first-order valence-corrected chi connectivity index (χ1v) is 1.67. The van der Waals surface area contributed by atoms with E-state index < -0.39 is 0 Å². The maximum absolute atomic E-state index is 4.80. The third-order valence-electron chi connectivity index (χ3n) is 0.298. The van der Waals surface area contributed by atoms with E-state index in [2.05, 4.69) is 4.99 Å². The van der Waals surface area contributed by atoms with Gasteiger partial charge in [0.15, 0.2) is 0 Å². The molecule has 0 aliphatic rings. The van der Waals surface area contributed by atoms with Gasteiger partial charge in [0.2, 0.25) is 0 Å². The van der Waals surface area contributed by atoms with E-state index in [0.29, 0.717) is 0 Å². The van der Waals surface area contributed by atoms with Crippen molar-refractivity contribution in [3.8, 4) is 0 Å². The van der Waals surface area contributed by atoms with Crippen LogP contribution < -0.4 is 0 Å². The maximum Gasteiger partial charge on any atom is 0.00554 e. The van der Waals surface area contributed by atoms with E-state index in [4.69, 9.17) is 6.72 Å². The van der Waals surface area contributed by atoms with Crippen LogP contribution in [0.5, 0.6) is 0 Å². The molecule has 6 heavy (non-hydrogen) atoms. The van der Waals surface area contributed by atoms with Crippen molar-refractivity contribution in [2.75, 3.05) is 0 Å². The van der Waals surface area contributed by atoms with Crippen LogP contribution >= 0.6 is 0 Å². The molecular formula is C4H8NV-. The molecule has 0 bridgehead atoms. The Hall–Kier alpha value is 0.254. The summed E-state index contributed by atoms with van der Waals surface area (Å²) in [5, 5.41) is 0. The molecule has 35 valence electrons. The Morgan fingerprint density at radius 1 is 1.50 bits per heavy atom. The van der Waals surface area contributed by atoms with Gasteiger partial charge in [0.05, 0.1) is 0 Å². The Balaban J connectivity index is 0. The zero-order valence-corrected chi connectivity index (χ0v) is 5.45. The zero-order chi connectivity index (χ0) is 4.28. The van der Waals surface area contributed by atoms with Crippen LogP contribution in [0.2, 0.25) is 0 Å². The van der Waals surface area contributed by atoms with Crippen LogP contribution in [-0.4, -0.2) is 12.8 Å². The molecular weight excluding hydrogens is 113 g/mol. The fourth-order valence-corrected chi connectivity index (χ4v) is 0. The number of rotatable bonds is 1. The molecule has 0 saturated heterocycles. The number of hydrogen-bond donors (Lipinski definition) is 0. The molecule has 1 nitrogen and oxygen atoms in total. The molecule has 0 aromatic heterocycles. The summed E-state index contributed by atoms with van der Waals surface area (Å²) in [4.78, 5) is 3.39. The van der Waals surface area contributed by atoms with Crippen molar-refractivity contribution in [1.29, 1.82) is 0 Å². The van der Waals surface area contributed by atoms with Gasteiger partial charge in [0.1, 0.15) is 0 Å². The summed E-state index contributed by atoms with van der Waals surface area (Å²) < 4.78 is 0. The molecule has 0 aromatic carbocycles. The first-order chi connectivity index (χ1) is 2.27. The Bertz CT molecular complexity index is 34.5. The molecule has 0 heterocycles. The van der Waals surface area contributed by atoms with Crippen LogP contribution in [0.25, 0.3) is 0 Å². The number of aliphatic imine (C=N–C) groups is 1. The van der Waals surface area contributed by atoms with Gasteiger partial charge in [-0.25, -0.2) is 0 Å². The van der Waals surface area contributed by atoms with Gasteiger partial charge in [0.25, 0.3) is 0 Å². The molecule has 0 unspecified atom stereocenters. The van der Waals surface area contributed by atoms with Gasteiger partial charge in [-0.2, -0.15) is 0 Å². The van der Waals surface area contributed by atoms with Crippen molar-refractivity contribution < 1.29 is 18.6 Å². The Kier molecular flexibility index (Phi) is 8.35. The summed E-state index contributed by atoms with van der Waals surface area (Å²) in [6.07, 6.45) is 0. The van der Waals surface area contributed by atoms with Crippen molar-refractivity contribution in [1.82, 2.24) is 0 Å². The van der Waals surface area contributed by atoms with Crippen LogP contribution in [0.1, 0.15) is 13.8 Å². The summed E-state index contributed by atoms with van der Waals surface area (Å²) in [7, 11) is 0. The van der Waals surface area contributed by atoms with Gasteiger partial charge >= 0.3 is 0 Å². The minimum atomic E-state index is 0. The molecule has 0 aliphatic heterocycles. The largest absolute Gasteiger partial charge is 0.504 e. The minimum absolute atomic E-state index is 0. The third kappa shape index (κ3) is 8.87. The molecule has 0 N–H and O–H groups in total. The van der Waals surface area contributed by atoms with Gasteiger partial charge in [-0.3, -0.25) is 0 Å². The summed E-state index contributed by atoms with van der Waals surface area (Å²) in [5.74, 6) is 0. The van der Waals surface area contributed by atoms with Gasteiger partial charge < -0.3 is 11.7 Å². The maximum atomic E-state index is 4.80. The van der Waals surface area contributed by atoms with Crippen LogP contribution in [0.15, 0.2) is 4.99 Å². The fraction of sp³-hybridized carbons (Fsp3) is 0.750. The van der Waals surface area contributed by atoms with Gasteiger partial charge in [-0.1, -0.05) is 0 Å². The molecule has 1 radical (unpaired) electrons. The van der Waals surface area contributed by atoms with E-state index in [0.717, 1.165) is 0 Å². The van der Waals surface area contributed by atoms with Crippen LogP contribution in [-0.2, 0) is 18.6 Å². The van der Waals surface area contributed by atoms with E-state index in [1.54, 1.807) is 0 Å². The SMILES string of the molecule is [CH-]=NC(C)C.[V]. The predicted octanol–water partition coefficient (Wildman–Crippen LogP) is 0.970. The Morgan fingerprint density at radius 2 is 1.67 bits per heavy atom. The monoisotopic (exact) mass is 121 g/mol. The average Bonchev–Trinajstić information content (AvgIpc) is 1.38. The van der Waals surface area contributed by atoms with Crippen molar-refractivity contribution in [2.45, 2.75) is 19.9 Å². The van der Waals surface area contributed by atoms with E-state index in [9.17, 15) is 0 Å².